The number of rotatable bonds is 3. The first-order valence-electron chi connectivity index (χ1n) is 8.05. The predicted octanol–water partition coefficient (Wildman–Crippen LogP) is 3.83. The minimum atomic E-state index is -4.47. The van der Waals surface area contributed by atoms with Crippen LogP contribution in [0, 0.1) is 5.92 Å². The van der Waals surface area contributed by atoms with E-state index in [0.29, 0.717) is 11.3 Å². The lowest BCUT2D eigenvalue weighted by molar-refractivity contribution is -0.137. The van der Waals surface area contributed by atoms with E-state index in [2.05, 4.69) is 22.5 Å². The Bertz CT molecular complexity index is 864. The molecule has 1 heterocycles. The first kappa shape index (κ1) is 18.5. The molecule has 0 spiro atoms. The minimum Gasteiger partial charge on any atom is -0.330 e. The number of amides is 3. The summed E-state index contributed by atoms with van der Waals surface area (Å²) in [6.45, 7) is 3.73. The summed E-state index contributed by atoms with van der Waals surface area (Å²) >= 11 is 0. The fourth-order valence-corrected chi connectivity index (χ4v) is 2.89. The number of carbonyl (C=O) groups is 2. The molecule has 2 atom stereocenters. The third kappa shape index (κ3) is 4.11. The third-order valence-electron chi connectivity index (χ3n) is 4.19. The Hall–Kier alpha value is -3.29. The summed E-state index contributed by atoms with van der Waals surface area (Å²) in [7, 11) is 0. The van der Waals surface area contributed by atoms with E-state index >= 15 is 0 Å². The van der Waals surface area contributed by atoms with Crippen LogP contribution in [0.4, 0.5) is 23.7 Å². The Morgan fingerprint density at radius 1 is 1.04 bits per heavy atom. The van der Waals surface area contributed by atoms with Crippen LogP contribution in [0.15, 0.2) is 66.9 Å². The van der Waals surface area contributed by atoms with E-state index in [1.54, 1.807) is 30.3 Å². The van der Waals surface area contributed by atoms with Gasteiger partial charge in [0.25, 0.3) is 0 Å². The van der Waals surface area contributed by atoms with Crippen molar-refractivity contribution in [2.24, 2.45) is 5.92 Å². The van der Waals surface area contributed by atoms with Crippen molar-refractivity contribution in [3.63, 3.8) is 0 Å². The van der Waals surface area contributed by atoms with Gasteiger partial charge in [-0.3, -0.25) is 4.79 Å². The number of hydrogen-bond acceptors (Lipinski definition) is 2. The lowest BCUT2D eigenvalue weighted by Crippen LogP contribution is -2.51. The Morgan fingerprint density at radius 2 is 1.67 bits per heavy atom. The molecule has 0 aliphatic carbocycles. The van der Waals surface area contributed by atoms with Crippen LogP contribution in [-0.2, 0) is 11.0 Å². The smallest absolute Gasteiger partial charge is 0.330 e. The van der Waals surface area contributed by atoms with Crippen molar-refractivity contribution < 1.29 is 22.8 Å². The first-order chi connectivity index (χ1) is 12.8. The third-order valence-corrected chi connectivity index (χ3v) is 4.19. The van der Waals surface area contributed by atoms with Crippen LogP contribution < -0.4 is 16.0 Å². The molecule has 0 aromatic heterocycles. The van der Waals surface area contributed by atoms with Crippen molar-refractivity contribution in [1.82, 2.24) is 10.6 Å². The molecule has 8 heteroatoms. The molecule has 3 N–H and O–H groups in total. The highest BCUT2D eigenvalue weighted by Gasteiger charge is 2.38. The van der Waals surface area contributed by atoms with Crippen LogP contribution in [0.25, 0.3) is 0 Å². The second-order valence-corrected chi connectivity index (χ2v) is 6.05. The van der Waals surface area contributed by atoms with Gasteiger partial charge in [-0.2, -0.15) is 13.2 Å². The zero-order valence-electron chi connectivity index (χ0n) is 14.0. The summed E-state index contributed by atoms with van der Waals surface area (Å²) < 4.78 is 38.3. The van der Waals surface area contributed by atoms with Gasteiger partial charge in [-0.15, -0.1) is 0 Å². The van der Waals surface area contributed by atoms with Crippen LogP contribution >= 0.6 is 0 Å². The maximum atomic E-state index is 12.8. The van der Waals surface area contributed by atoms with E-state index in [-0.39, 0.29) is 5.70 Å². The molecule has 1 aliphatic heterocycles. The Morgan fingerprint density at radius 3 is 2.26 bits per heavy atom. The van der Waals surface area contributed by atoms with Gasteiger partial charge in [0.15, 0.2) is 0 Å². The zero-order chi connectivity index (χ0) is 19.6. The number of halogens is 3. The molecule has 1 fully saturated rings. The number of urea groups is 1. The SMILES string of the molecule is C=C1NC(=O)N[C@H](c2ccc(C(F)(F)F)cc2)[C@H]1C(=O)Nc1ccccc1. The molecule has 27 heavy (non-hydrogen) atoms. The van der Waals surface area contributed by atoms with Gasteiger partial charge in [0.1, 0.15) is 5.92 Å². The normalized spacial score (nSPS) is 19.8. The molecule has 0 unspecified atom stereocenters. The van der Waals surface area contributed by atoms with Gasteiger partial charge < -0.3 is 16.0 Å². The minimum absolute atomic E-state index is 0.164. The second kappa shape index (κ2) is 7.14. The predicted molar refractivity (Wildman–Crippen MR) is 93.6 cm³/mol. The number of para-hydroxylation sites is 1. The standard InChI is InChI=1S/C19H16F3N3O2/c1-11-15(17(26)24-14-5-3-2-4-6-14)16(25-18(27)23-11)12-7-9-13(10-8-12)19(20,21)22/h2-10,15-16H,1H2,(H,24,26)(H2,23,25,27)/t15-,16+/m0/s1. The highest BCUT2D eigenvalue weighted by atomic mass is 19.4. The van der Waals surface area contributed by atoms with Crippen LogP contribution in [-0.4, -0.2) is 11.9 Å². The molecular formula is C19H16F3N3O2. The maximum Gasteiger partial charge on any atom is 0.416 e. The molecule has 1 saturated heterocycles. The van der Waals surface area contributed by atoms with E-state index in [1.807, 2.05) is 0 Å². The number of alkyl halides is 3. The summed E-state index contributed by atoms with van der Waals surface area (Å²) in [4.78, 5) is 24.6. The highest BCUT2D eigenvalue weighted by molar-refractivity contribution is 5.97. The van der Waals surface area contributed by atoms with Gasteiger partial charge in [-0.05, 0) is 29.8 Å². The van der Waals surface area contributed by atoms with Gasteiger partial charge in [0.05, 0.1) is 11.6 Å². The second-order valence-electron chi connectivity index (χ2n) is 6.05. The summed E-state index contributed by atoms with van der Waals surface area (Å²) in [5, 5.41) is 7.75. The molecule has 0 saturated carbocycles. The van der Waals surface area contributed by atoms with E-state index in [4.69, 9.17) is 0 Å². The molecule has 0 bridgehead atoms. The monoisotopic (exact) mass is 375 g/mol. The number of hydrogen-bond donors (Lipinski definition) is 3. The maximum absolute atomic E-state index is 12.8. The lowest BCUT2D eigenvalue weighted by atomic mass is 9.88. The molecule has 2 aromatic rings. The highest BCUT2D eigenvalue weighted by Crippen LogP contribution is 2.33. The van der Waals surface area contributed by atoms with Gasteiger partial charge in [0.2, 0.25) is 5.91 Å². The number of benzene rings is 2. The summed E-state index contributed by atoms with van der Waals surface area (Å²) in [6, 6.07) is 11.6. The van der Waals surface area contributed by atoms with Crippen molar-refractivity contribution in [3.05, 3.63) is 78.0 Å². The molecule has 3 rings (SSSR count). The summed E-state index contributed by atoms with van der Waals surface area (Å²) in [5.41, 5.74) is 0.276. The van der Waals surface area contributed by atoms with Crippen molar-refractivity contribution in [2.45, 2.75) is 12.2 Å². The number of anilines is 1. The molecular weight excluding hydrogens is 359 g/mol. The molecule has 5 nitrogen and oxygen atoms in total. The van der Waals surface area contributed by atoms with E-state index in [9.17, 15) is 22.8 Å². The Kier molecular flexibility index (Phi) is 4.89. The fourth-order valence-electron chi connectivity index (χ4n) is 2.89. The van der Waals surface area contributed by atoms with Gasteiger partial charge >= 0.3 is 12.2 Å². The van der Waals surface area contributed by atoms with Gasteiger partial charge in [0, 0.05) is 11.4 Å². The Labute approximate surface area is 153 Å². The van der Waals surface area contributed by atoms with E-state index in [1.165, 1.54) is 12.1 Å². The van der Waals surface area contributed by atoms with E-state index < -0.39 is 35.6 Å². The van der Waals surface area contributed by atoms with E-state index in [0.717, 1.165) is 12.1 Å². The molecule has 1 aliphatic rings. The van der Waals surface area contributed by atoms with Crippen LogP contribution in [0.2, 0.25) is 0 Å². The average molecular weight is 375 g/mol. The summed E-state index contributed by atoms with van der Waals surface area (Å²) in [6.07, 6.45) is -4.47. The molecule has 3 amide bonds. The molecule has 2 aromatic carbocycles. The van der Waals surface area contributed by atoms with Gasteiger partial charge in [-0.25, -0.2) is 4.79 Å². The van der Waals surface area contributed by atoms with Crippen molar-refractivity contribution in [1.29, 1.82) is 0 Å². The van der Waals surface area contributed by atoms with Crippen molar-refractivity contribution in [3.8, 4) is 0 Å². The average Bonchev–Trinajstić information content (AvgIpc) is 2.61. The molecule has 140 valence electrons. The first-order valence-corrected chi connectivity index (χ1v) is 8.05. The van der Waals surface area contributed by atoms with Crippen molar-refractivity contribution in [2.75, 3.05) is 5.32 Å². The number of carbonyl (C=O) groups excluding carboxylic acids is 2. The fraction of sp³-hybridized carbons (Fsp3) is 0.158. The van der Waals surface area contributed by atoms with Crippen molar-refractivity contribution >= 4 is 17.6 Å². The van der Waals surface area contributed by atoms with Gasteiger partial charge in [-0.1, -0.05) is 36.9 Å². The van der Waals surface area contributed by atoms with Crippen LogP contribution in [0.3, 0.4) is 0 Å². The topological polar surface area (TPSA) is 70.2 Å². The zero-order valence-corrected chi connectivity index (χ0v) is 14.0. The lowest BCUT2D eigenvalue weighted by Gasteiger charge is -2.34. The number of nitrogens with one attached hydrogen (secondary N) is 3. The summed E-state index contributed by atoms with van der Waals surface area (Å²) in [5.74, 6) is -1.34. The molecule has 0 radical (unpaired) electrons. The quantitative estimate of drug-likeness (QED) is 0.763. The largest absolute Gasteiger partial charge is 0.416 e. The Balaban J connectivity index is 1.89. The van der Waals surface area contributed by atoms with Crippen LogP contribution in [0.1, 0.15) is 17.2 Å². The van der Waals surface area contributed by atoms with Crippen LogP contribution in [0.5, 0.6) is 0 Å².